The second kappa shape index (κ2) is 9.78. The molecule has 1 saturated heterocycles. The molecule has 3 aromatic rings. The average molecular weight is 408 g/mol. The summed E-state index contributed by atoms with van der Waals surface area (Å²) in [5, 5.41) is 4.12. The van der Waals surface area contributed by atoms with Crippen LogP contribution >= 0.6 is 0 Å². The van der Waals surface area contributed by atoms with Gasteiger partial charge in [0.2, 0.25) is 5.91 Å². The first-order valence-electron chi connectivity index (χ1n) is 10.6. The number of piperazine rings is 1. The molecule has 1 amide bonds. The van der Waals surface area contributed by atoms with E-state index in [1.807, 2.05) is 67.6 Å². The third kappa shape index (κ3) is 5.40. The van der Waals surface area contributed by atoms with E-state index in [0.717, 1.165) is 55.2 Å². The van der Waals surface area contributed by atoms with E-state index in [-0.39, 0.29) is 11.9 Å². The molecule has 0 radical (unpaired) electrons. The second-order valence-electron chi connectivity index (χ2n) is 7.76. The quantitative estimate of drug-likeness (QED) is 0.621. The third-order valence-electron chi connectivity index (χ3n) is 5.50. The van der Waals surface area contributed by atoms with Gasteiger partial charge in [0.05, 0.1) is 12.6 Å². The van der Waals surface area contributed by atoms with Gasteiger partial charge in [-0.25, -0.2) is 0 Å². The van der Waals surface area contributed by atoms with Crippen molar-refractivity contribution < 1.29 is 13.9 Å². The van der Waals surface area contributed by atoms with E-state index in [9.17, 15) is 4.79 Å². The number of hydrogen-bond acceptors (Lipinski definition) is 5. The lowest BCUT2D eigenvalue weighted by Gasteiger charge is -2.34. The van der Waals surface area contributed by atoms with E-state index in [2.05, 4.69) is 15.1 Å². The zero-order chi connectivity index (χ0) is 20.8. The minimum atomic E-state index is -0.152. The lowest BCUT2D eigenvalue weighted by Crippen LogP contribution is -2.50. The lowest BCUT2D eigenvalue weighted by molar-refractivity contribution is -0.123. The van der Waals surface area contributed by atoms with Crippen LogP contribution in [0.25, 0.3) is 11.0 Å². The van der Waals surface area contributed by atoms with Crippen LogP contribution < -0.4 is 10.1 Å². The van der Waals surface area contributed by atoms with E-state index in [0.29, 0.717) is 13.2 Å². The fourth-order valence-corrected chi connectivity index (χ4v) is 3.76. The van der Waals surface area contributed by atoms with E-state index >= 15 is 0 Å². The first-order chi connectivity index (χ1) is 14.7. The number of furan rings is 1. The highest BCUT2D eigenvalue weighted by molar-refractivity contribution is 5.80. The van der Waals surface area contributed by atoms with Crippen LogP contribution in [-0.4, -0.2) is 61.6 Å². The Hall–Kier alpha value is -2.83. The van der Waals surface area contributed by atoms with Crippen molar-refractivity contribution in [1.29, 1.82) is 0 Å². The Morgan fingerprint density at radius 2 is 1.73 bits per heavy atom. The predicted molar refractivity (Wildman–Crippen MR) is 118 cm³/mol. The molecule has 1 aliphatic heterocycles. The van der Waals surface area contributed by atoms with Crippen LogP contribution in [0.1, 0.15) is 18.7 Å². The highest BCUT2D eigenvalue weighted by Crippen LogP contribution is 2.23. The van der Waals surface area contributed by atoms with Gasteiger partial charge in [-0.2, -0.15) is 0 Å². The molecule has 1 aliphatic rings. The molecule has 1 atom stereocenters. The van der Waals surface area contributed by atoms with Crippen molar-refractivity contribution in [1.82, 2.24) is 15.1 Å². The summed E-state index contributed by atoms with van der Waals surface area (Å²) in [7, 11) is 0. The van der Waals surface area contributed by atoms with Crippen molar-refractivity contribution in [3.05, 3.63) is 66.4 Å². The van der Waals surface area contributed by atoms with Crippen molar-refractivity contribution in [2.24, 2.45) is 0 Å². The molecule has 30 heavy (non-hydrogen) atoms. The fraction of sp³-hybridized carbons (Fsp3) is 0.375. The molecule has 0 unspecified atom stereocenters. The summed E-state index contributed by atoms with van der Waals surface area (Å²) in [4.78, 5) is 17.1. The molecule has 0 bridgehead atoms. The zero-order valence-corrected chi connectivity index (χ0v) is 17.4. The summed E-state index contributed by atoms with van der Waals surface area (Å²) in [6.07, 6.45) is 0. The van der Waals surface area contributed by atoms with Crippen LogP contribution in [0, 0.1) is 0 Å². The van der Waals surface area contributed by atoms with Crippen LogP contribution in [-0.2, 0) is 4.79 Å². The maximum atomic E-state index is 12.5. The van der Waals surface area contributed by atoms with Gasteiger partial charge in [-0.1, -0.05) is 36.4 Å². The fourth-order valence-electron chi connectivity index (χ4n) is 3.76. The van der Waals surface area contributed by atoms with E-state index in [1.54, 1.807) is 0 Å². The molecule has 1 fully saturated rings. The Morgan fingerprint density at radius 3 is 2.50 bits per heavy atom. The summed E-state index contributed by atoms with van der Waals surface area (Å²) < 4.78 is 11.6. The Balaban J connectivity index is 1.17. The minimum absolute atomic E-state index is 0.0313. The number of amides is 1. The van der Waals surface area contributed by atoms with Gasteiger partial charge in [0.1, 0.15) is 23.7 Å². The molecule has 0 aliphatic carbocycles. The normalized spacial score (nSPS) is 16.4. The second-order valence-corrected chi connectivity index (χ2v) is 7.76. The van der Waals surface area contributed by atoms with Gasteiger partial charge in [-0.3, -0.25) is 14.6 Å². The average Bonchev–Trinajstić information content (AvgIpc) is 3.20. The van der Waals surface area contributed by atoms with Crippen LogP contribution in [0.15, 0.2) is 65.1 Å². The standard InChI is InChI=1S/C24H29N3O3/c1-19(23-17-20-7-5-6-10-22(20)30-23)25-24(28)18-27-13-11-26(12-14-27)15-16-29-21-8-3-2-4-9-21/h2-10,17,19H,11-16,18H2,1H3,(H,25,28)/t19-/m0/s1. The number of nitrogens with one attached hydrogen (secondary N) is 1. The first kappa shape index (κ1) is 20.4. The minimum Gasteiger partial charge on any atom is -0.492 e. The van der Waals surface area contributed by atoms with E-state index in [4.69, 9.17) is 9.15 Å². The number of carbonyl (C=O) groups excluding carboxylic acids is 1. The van der Waals surface area contributed by atoms with Crippen LogP contribution in [0.5, 0.6) is 5.75 Å². The van der Waals surface area contributed by atoms with Gasteiger partial charge in [0, 0.05) is 38.1 Å². The molecular formula is C24H29N3O3. The number of benzene rings is 2. The molecule has 2 aromatic carbocycles. The van der Waals surface area contributed by atoms with Crippen molar-refractivity contribution in [2.45, 2.75) is 13.0 Å². The van der Waals surface area contributed by atoms with Gasteiger partial charge in [-0.15, -0.1) is 0 Å². The van der Waals surface area contributed by atoms with Gasteiger partial charge >= 0.3 is 0 Å². The SMILES string of the molecule is C[C@H](NC(=O)CN1CCN(CCOc2ccccc2)CC1)c1cc2ccccc2o1. The summed E-state index contributed by atoms with van der Waals surface area (Å²) in [5.41, 5.74) is 0.848. The number of carbonyl (C=O) groups is 1. The Morgan fingerprint density at radius 1 is 1.03 bits per heavy atom. The molecule has 0 spiro atoms. The Labute approximate surface area is 177 Å². The van der Waals surface area contributed by atoms with Crippen molar-refractivity contribution in [2.75, 3.05) is 45.9 Å². The Bertz CT molecular complexity index is 915. The molecule has 6 nitrogen and oxygen atoms in total. The zero-order valence-electron chi connectivity index (χ0n) is 17.4. The summed E-state index contributed by atoms with van der Waals surface area (Å²) in [6, 6.07) is 19.6. The highest BCUT2D eigenvalue weighted by atomic mass is 16.5. The van der Waals surface area contributed by atoms with Crippen LogP contribution in [0.3, 0.4) is 0 Å². The maximum absolute atomic E-state index is 12.5. The number of rotatable bonds is 8. The monoisotopic (exact) mass is 407 g/mol. The van der Waals surface area contributed by atoms with E-state index in [1.165, 1.54) is 0 Å². The van der Waals surface area contributed by atoms with Gasteiger partial charge in [0.15, 0.2) is 0 Å². The van der Waals surface area contributed by atoms with Gasteiger partial charge in [-0.05, 0) is 31.2 Å². The van der Waals surface area contributed by atoms with Crippen molar-refractivity contribution in [3.8, 4) is 5.75 Å². The molecule has 2 heterocycles. The molecule has 0 saturated carbocycles. The topological polar surface area (TPSA) is 58.0 Å². The number of fused-ring (bicyclic) bond motifs is 1. The van der Waals surface area contributed by atoms with E-state index < -0.39 is 0 Å². The molecule has 1 aromatic heterocycles. The number of ether oxygens (including phenoxy) is 1. The number of para-hydroxylation sites is 2. The largest absolute Gasteiger partial charge is 0.492 e. The maximum Gasteiger partial charge on any atom is 0.234 e. The predicted octanol–water partition coefficient (Wildman–Crippen LogP) is 3.31. The molecule has 6 heteroatoms. The smallest absolute Gasteiger partial charge is 0.234 e. The summed E-state index contributed by atoms with van der Waals surface area (Å²) >= 11 is 0. The van der Waals surface area contributed by atoms with Crippen LogP contribution in [0.4, 0.5) is 0 Å². The van der Waals surface area contributed by atoms with Gasteiger partial charge in [0.25, 0.3) is 0 Å². The molecule has 158 valence electrons. The highest BCUT2D eigenvalue weighted by Gasteiger charge is 2.20. The number of nitrogens with zero attached hydrogens (tertiary/aromatic N) is 2. The van der Waals surface area contributed by atoms with Crippen molar-refractivity contribution in [3.63, 3.8) is 0 Å². The Kier molecular flexibility index (Phi) is 6.67. The number of hydrogen-bond donors (Lipinski definition) is 1. The van der Waals surface area contributed by atoms with Crippen LogP contribution in [0.2, 0.25) is 0 Å². The first-order valence-corrected chi connectivity index (χ1v) is 10.6. The lowest BCUT2D eigenvalue weighted by atomic mass is 10.2. The molecule has 4 rings (SSSR count). The summed E-state index contributed by atoms with van der Waals surface area (Å²) in [6.45, 7) is 7.63. The summed E-state index contributed by atoms with van der Waals surface area (Å²) in [5.74, 6) is 1.72. The molecular weight excluding hydrogens is 378 g/mol. The van der Waals surface area contributed by atoms with Gasteiger partial charge < -0.3 is 14.5 Å². The third-order valence-corrected chi connectivity index (χ3v) is 5.50. The van der Waals surface area contributed by atoms with Crippen molar-refractivity contribution >= 4 is 16.9 Å². The molecule has 1 N–H and O–H groups in total.